The number of rotatable bonds is 5. The fourth-order valence-corrected chi connectivity index (χ4v) is 1.89. The lowest BCUT2D eigenvalue weighted by atomic mass is 10.2. The monoisotopic (exact) mass is 335 g/mol. The van der Waals surface area contributed by atoms with Crippen molar-refractivity contribution in [1.29, 1.82) is 0 Å². The van der Waals surface area contributed by atoms with Crippen LogP contribution in [0.4, 0.5) is 10.7 Å². The number of hydrogen-bond acceptors (Lipinski definition) is 6. The average Bonchev–Trinajstić information content (AvgIpc) is 2.93. The number of aromatic amines is 1. The highest BCUT2D eigenvalue weighted by atomic mass is 16.3. The highest BCUT2D eigenvalue weighted by Gasteiger charge is 2.09. The zero-order chi connectivity index (χ0) is 17.9. The Morgan fingerprint density at radius 1 is 1.54 bits per heavy atom. The highest BCUT2D eigenvalue weighted by molar-refractivity contribution is 5.73. The molecule has 2 amide bonds. The van der Waals surface area contributed by atoms with Gasteiger partial charge in [0.15, 0.2) is 0 Å². The smallest absolute Gasteiger partial charge is 0.317 e. The Balaban J connectivity index is 0.000000891. The van der Waals surface area contributed by atoms with Crippen molar-refractivity contribution in [3.05, 3.63) is 35.4 Å². The molecule has 10 heteroatoms. The maximum atomic E-state index is 12.0. The van der Waals surface area contributed by atoms with Crippen LogP contribution in [0.2, 0.25) is 0 Å². The Morgan fingerprint density at radius 2 is 2.25 bits per heavy atom. The lowest BCUT2D eigenvalue weighted by molar-refractivity contribution is -0.122. The zero-order valence-electron chi connectivity index (χ0n) is 13.6. The summed E-state index contributed by atoms with van der Waals surface area (Å²) >= 11 is 0. The molecule has 2 heterocycles. The van der Waals surface area contributed by atoms with Gasteiger partial charge in [0, 0.05) is 38.4 Å². The van der Waals surface area contributed by atoms with E-state index in [2.05, 4.69) is 25.5 Å². The van der Waals surface area contributed by atoms with Crippen molar-refractivity contribution in [1.82, 2.24) is 30.4 Å². The molecule has 0 unspecified atom stereocenters. The van der Waals surface area contributed by atoms with Crippen molar-refractivity contribution in [3.63, 3.8) is 0 Å². The van der Waals surface area contributed by atoms with Crippen molar-refractivity contribution in [2.24, 2.45) is 0 Å². The molecule has 2 rings (SSSR count). The van der Waals surface area contributed by atoms with Crippen LogP contribution in [0.5, 0.6) is 0 Å². The number of pyridine rings is 1. The largest absolute Gasteiger partial charge is 0.483 e. The van der Waals surface area contributed by atoms with E-state index in [0.29, 0.717) is 25.3 Å². The molecule has 0 saturated carbocycles. The van der Waals surface area contributed by atoms with Crippen LogP contribution in [0.1, 0.15) is 17.1 Å². The molecule has 0 saturated heterocycles. The molecule has 0 radical (unpaired) electrons. The lowest BCUT2D eigenvalue weighted by Gasteiger charge is -2.18. The number of hydrogen-bond donors (Lipinski definition) is 4. The minimum Gasteiger partial charge on any atom is -0.483 e. The second kappa shape index (κ2) is 9.77. The molecule has 0 spiro atoms. The van der Waals surface area contributed by atoms with Crippen LogP contribution >= 0.6 is 0 Å². The van der Waals surface area contributed by atoms with Gasteiger partial charge in [0.2, 0.25) is 5.95 Å². The topological polar surface area (TPSA) is 150 Å². The van der Waals surface area contributed by atoms with Gasteiger partial charge >= 0.3 is 6.03 Å². The SMILES string of the molecule is Cc1cc(CN(C)C(=O)NCCc2nc(N)n[nH]2)ccn1.O=CO. The van der Waals surface area contributed by atoms with E-state index in [-0.39, 0.29) is 18.5 Å². The quantitative estimate of drug-likeness (QED) is 0.569. The van der Waals surface area contributed by atoms with Gasteiger partial charge in [-0.2, -0.15) is 4.98 Å². The number of nitrogen functional groups attached to an aromatic ring is 1. The summed E-state index contributed by atoms with van der Waals surface area (Å²) in [7, 11) is 1.75. The zero-order valence-corrected chi connectivity index (χ0v) is 13.6. The molecule has 0 aliphatic carbocycles. The van der Waals surface area contributed by atoms with Crippen LogP contribution in [0.3, 0.4) is 0 Å². The molecule has 0 atom stereocenters. The molecule has 0 fully saturated rings. The van der Waals surface area contributed by atoms with Crippen LogP contribution < -0.4 is 11.1 Å². The minimum absolute atomic E-state index is 0.142. The third kappa shape index (κ3) is 6.73. The molecule has 0 bridgehead atoms. The maximum absolute atomic E-state index is 12.0. The van der Waals surface area contributed by atoms with Gasteiger partial charge < -0.3 is 21.1 Å². The molecular formula is C14H21N7O3. The van der Waals surface area contributed by atoms with E-state index in [1.807, 2.05) is 19.1 Å². The second-order valence-corrected chi connectivity index (χ2v) is 4.89. The molecule has 24 heavy (non-hydrogen) atoms. The number of carboxylic acid groups (broad SMARTS) is 1. The molecule has 2 aromatic heterocycles. The molecule has 130 valence electrons. The van der Waals surface area contributed by atoms with E-state index in [1.54, 1.807) is 18.1 Å². The van der Waals surface area contributed by atoms with Crippen molar-refractivity contribution >= 4 is 18.5 Å². The van der Waals surface area contributed by atoms with Crippen molar-refractivity contribution in [3.8, 4) is 0 Å². The first-order chi connectivity index (χ1) is 11.5. The Morgan fingerprint density at radius 3 is 2.83 bits per heavy atom. The lowest BCUT2D eigenvalue weighted by Crippen LogP contribution is -2.37. The number of amides is 2. The summed E-state index contributed by atoms with van der Waals surface area (Å²) in [5, 5.41) is 16.1. The number of urea groups is 1. The van der Waals surface area contributed by atoms with Crippen molar-refractivity contribution < 1.29 is 14.7 Å². The third-order valence-corrected chi connectivity index (χ3v) is 2.91. The molecule has 5 N–H and O–H groups in total. The number of carbonyl (C=O) groups is 2. The molecule has 2 aromatic rings. The summed E-state index contributed by atoms with van der Waals surface area (Å²) in [6.45, 7) is 2.67. The fraction of sp³-hybridized carbons (Fsp3) is 0.357. The number of anilines is 1. The number of nitrogens with zero attached hydrogens (tertiary/aromatic N) is 4. The first-order valence-corrected chi connectivity index (χ1v) is 7.11. The van der Waals surface area contributed by atoms with Crippen LogP contribution in [0, 0.1) is 6.92 Å². The van der Waals surface area contributed by atoms with E-state index in [1.165, 1.54) is 0 Å². The van der Waals surface area contributed by atoms with Crippen LogP contribution in [0.25, 0.3) is 0 Å². The van der Waals surface area contributed by atoms with Gasteiger partial charge in [0.25, 0.3) is 6.47 Å². The van der Waals surface area contributed by atoms with E-state index in [4.69, 9.17) is 15.6 Å². The van der Waals surface area contributed by atoms with E-state index in [9.17, 15) is 4.79 Å². The summed E-state index contributed by atoms with van der Waals surface area (Å²) in [5.41, 5.74) is 7.38. The van der Waals surface area contributed by atoms with Crippen LogP contribution in [0.15, 0.2) is 18.3 Å². The fourth-order valence-electron chi connectivity index (χ4n) is 1.89. The van der Waals surface area contributed by atoms with Gasteiger partial charge in [0.1, 0.15) is 5.82 Å². The molecular weight excluding hydrogens is 314 g/mol. The van der Waals surface area contributed by atoms with Gasteiger partial charge in [-0.05, 0) is 24.6 Å². The summed E-state index contributed by atoms with van der Waals surface area (Å²) in [4.78, 5) is 30.0. The number of aryl methyl sites for hydroxylation is 1. The van der Waals surface area contributed by atoms with Gasteiger partial charge in [-0.15, -0.1) is 5.10 Å². The van der Waals surface area contributed by atoms with Crippen molar-refractivity contribution in [2.45, 2.75) is 19.9 Å². The molecule has 10 nitrogen and oxygen atoms in total. The number of nitrogens with two attached hydrogens (primary N) is 1. The van der Waals surface area contributed by atoms with Gasteiger partial charge in [-0.3, -0.25) is 14.9 Å². The van der Waals surface area contributed by atoms with Crippen molar-refractivity contribution in [2.75, 3.05) is 19.3 Å². The van der Waals surface area contributed by atoms with Gasteiger partial charge in [0.05, 0.1) is 0 Å². The third-order valence-electron chi connectivity index (χ3n) is 2.91. The highest BCUT2D eigenvalue weighted by Crippen LogP contribution is 2.04. The molecule has 0 aliphatic heterocycles. The predicted octanol–water partition coefficient (Wildman–Crippen LogP) is 0.175. The summed E-state index contributed by atoms with van der Waals surface area (Å²) in [5.74, 6) is 0.863. The number of carbonyl (C=O) groups excluding carboxylic acids is 1. The summed E-state index contributed by atoms with van der Waals surface area (Å²) < 4.78 is 0. The van der Waals surface area contributed by atoms with E-state index >= 15 is 0 Å². The van der Waals surface area contributed by atoms with E-state index < -0.39 is 0 Å². The van der Waals surface area contributed by atoms with Crippen LogP contribution in [-0.2, 0) is 17.8 Å². The number of nitrogens with one attached hydrogen (secondary N) is 2. The van der Waals surface area contributed by atoms with Crippen LogP contribution in [-0.4, -0.2) is 56.3 Å². The number of aromatic nitrogens is 4. The summed E-state index contributed by atoms with van der Waals surface area (Å²) in [6.07, 6.45) is 2.29. The predicted molar refractivity (Wildman–Crippen MR) is 87.0 cm³/mol. The van der Waals surface area contributed by atoms with Gasteiger partial charge in [-0.1, -0.05) is 0 Å². The Labute approximate surface area is 139 Å². The normalized spacial score (nSPS) is 9.58. The Hall–Kier alpha value is -3.17. The van der Waals surface area contributed by atoms with E-state index in [0.717, 1.165) is 11.3 Å². The second-order valence-electron chi connectivity index (χ2n) is 4.89. The minimum atomic E-state index is -0.250. The Bertz CT molecular complexity index is 659. The Kier molecular flexibility index (Phi) is 7.68. The van der Waals surface area contributed by atoms with Gasteiger partial charge in [-0.25, -0.2) is 4.79 Å². The molecule has 0 aromatic carbocycles. The molecule has 0 aliphatic rings. The summed E-state index contributed by atoms with van der Waals surface area (Å²) in [6, 6.07) is 3.71. The maximum Gasteiger partial charge on any atom is 0.317 e. The average molecular weight is 335 g/mol. The standard InChI is InChI=1S/C13H19N7O.CH2O2/c1-9-7-10(3-5-15-9)8-20(2)13(21)16-6-4-11-17-12(14)19-18-11;2-1-3/h3,5,7H,4,6,8H2,1-2H3,(H,16,21)(H3,14,17,18,19);1H,(H,2,3). The number of H-pyrrole nitrogens is 1. The first kappa shape index (κ1) is 18.9. The first-order valence-electron chi connectivity index (χ1n) is 7.11.